The molecule has 0 radical (unpaired) electrons. The van der Waals surface area contributed by atoms with Gasteiger partial charge < -0.3 is 5.11 Å². The maximum atomic E-state index is 10.4. The molecule has 0 aliphatic rings. The van der Waals surface area contributed by atoms with Crippen molar-refractivity contribution in [3.05, 3.63) is 71.3 Å². The van der Waals surface area contributed by atoms with Gasteiger partial charge in [-0.05, 0) is 61.7 Å². The predicted octanol–water partition coefficient (Wildman–Crippen LogP) is 4.60. The number of benzene rings is 2. The van der Waals surface area contributed by atoms with Gasteiger partial charge in [0.1, 0.15) is 18.4 Å². The molecule has 0 saturated heterocycles. The normalized spacial score (nSPS) is 12.7. The zero-order valence-corrected chi connectivity index (χ0v) is 16.7. The highest BCUT2D eigenvalue weighted by molar-refractivity contribution is 5.43. The van der Waals surface area contributed by atoms with Crippen LogP contribution in [0.25, 0.3) is 5.69 Å². The number of nitrogens with zero attached hydrogens (tertiary/aromatic N) is 4. The highest BCUT2D eigenvalue weighted by Gasteiger charge is 2.16. The van der Waals surface area contributed by atoms with Crippen molar-refractivity contribution < 1.29 is 5.11 Å². The van der Waals surface area contributed by atoms with Gasteiger partial charge in [-0.25, -0.2) is 9.67 Å². The molecule has 5 heteroatoms. The van der Waals surface area contributed by atoms with E-state index in [4.69, 9.17) is 0 Å². The number of phenolic OH excluding ortho intramolecular Hbond substituents is 1. The Labute approximate surface area is 161 Å². The van der Waals surface area contributed by atoms with Gasteiger partial charge in [-0.1, -0.05) is 32.0 Å². The Morgan fingerprint density at radius 3 is 2.41 bits per heavy atom. The monoisotopic (exact) mass is 364 g/mol. The molecule has 1 atom stereocenters. The summed E-state index contributed by atoms with van der Waals surface area (Å²) in [4.78, 5) is 6.23. The summed E-state index contributed by atoms with van der Waals surface area (Å²) in [5.74, 6) is 0.814. The molecule has 1 aromatic heterocycles. The van der Waals surface area contributed by atoms with E-state index in [2.05, 4.69) is 80.1 Å². The lowest BCUT2D eigenvalue weighted by Gasteiger charge is -2.26. The highest BCUT2D eigenvalue weighted by atomic mass is 16.3. The number of hydrogen-bond acceptors (Lipinski definition) is 4. The molecule has 2 aromatic carbocycles. The van der Waals surface area contributed by atoms with E-state index in [1.54, 1.807) is 11.0 Å². The maximum Gasteiger partial charge on any atom is 0.138 e. The first kappa shape index (κ1) is 19.1. The topological polar surface area (TPSA) is 54.2 Å². The summed E-state index contributed by atoms with van der Waals surface area (Å²) in [7, 11) is 2.09. The van der Waals surface area contributed by atoms with Crippen molar-refractivity contribution in [2.24, 2.45) is 0 Å². The van der Waals surface area contributed by atoms with Crippen LogP contribution in [0.3, 0.4) is 0 Å². The first-order chi connectivity index (χ1) is 12.9. The molecule has 0 amide bonds. The van der Waals surface area contributed by atoms with Gasteiger partial charge in [0.05, 0.1) is 5.69 Å². The molecular formula is C22H28N4O. The van der Waals surface area contributed by atoms with Gasteiger partial charge in [-0.15, -0.1) is 0 Å². The lowest BCUT2D eigenvalue weighted by atomic mass is 9.94. The molecule has 27 heavy (non-hydrogen) atoms. The molecule has 0 bridgehead atoms. The van der Waals surface area contributed by atoms with Crippen LogP contribution in [0, 0.1) is 6.92 Å². The minimum Gasteiger partial charge on any atom is -0.508 e. The van der Waals surface area contributed by atoms with Gasteiger partial charge in [0.15, 0.2) is 0 Å². The lowest BCUT2D eigenvalue weighted by Crippen LogP contribution is -2.22. The van der Waals surface area contributed by atoms with Crippen LogP contribution >= 0.6 is 0 Å². The van der Waals surface area contributed by atoms with Crippen molar-refractivity contribution >= 4 is 0 Å². The third kappa shape index (κ3) is 4.19. The Morgan fingerprint density at radius 2 is 1.81 bits per heavy atom. The van der Waals surface area contributed by atoms with E-state index < -0.39 is 0 Å². The third-order valence-electron chi connectivity index (χ3n) is 5.23. The van der Waals surface area contributed by atoms with Gasteiger partial charge in [0.2, 0.25) is 0 Å². The summed E-state index contributed by atoms with van der Waals surface area (Å²) in [6, 6.07) is 12.6. The fraction of sp³-hybridized carbons (Fsp3) is 0.364. The summed E-state index contributed by atoms with van der Waals surface area (Å²) in [6.45, 7) is 9.30. The molecule has 3 rings (SSSR count). The maximum absolute atomic E-state index is 10.4. The number of phenols is 1. The molecule has 0 fully saturated rings. The Bertz CT molecular complexity index is 885. The molecule has 0 spiro atoms. The second-order valence-electron chi connectivity index (χ2n) is 7.51. The van der Waals surface area contributed by atoms with Gasteiger partial charge in [-0.3, -0.25) is 4.90 Å². The second-order valence-corrected chi connectivity index (χ2v) is 7.51. The number of rotatable bonds is 6. The van der Waals surface area contributed by atoms with Crippen LogP contribution in [0.15, 0.2) is 49.1 Å². The summed E-state index contributed by atoms with van der Waals surface area (Å²) in [5, 5.41) is 14.6. The van der Waals surface area contributed by atoms with E-state index in [0.717, 1.165) is 16.8 Å². The molecule has 5 nitrogen and oxygen atoms in total. The van der Waals surface area contributed by atoms with Gasteiger partial charge in [0.25, 0.3) is 0 Å². The first-order valence-electron chi connectivity index (χ1n) is 9.34. The molecular weight excluding hydrogens is 336 g/mol. The van der Waals surface area contributed by atoms with Gasteiger partial charge in [-0.2, -0.15) is 5.10 Å². The summed E-state index contributed by atoms with van der Waals surface area (Å²) in [5.41, 5.74) is 5.62. The smallest absolute Gasteiger partial charge is 0.138 e. The molecule has 0 unspecified atom stereocenters. The summed E-state index contributed by atoms with van der Waals surface area (Å²) in [6.07, 6.45) is 3.22. The van der Waals surface area contributed by atoms with Crippen LogP contribution in [0.2, 0.25) is 0 Å². The second kappa shape index (κ2) is 7.92. The number of aromatic nitrogens is 3. The van der Waals surface area contributed by atoms with Crippen molar-refractivity contribution in [1.29, 1.82) is 0 Å². The summed E-state index contributed by atoms with van der Waals surface area (Å²) < 4.78 is 1.75. The first-order valence-corrected chi connectivity index (χ1v) is 9.34. The largest absolute Gasteiger partial charge is 0.508 e. The fourth-order valence-electron chi connectivity index (χ4n) is 3.41. The van der Waals surface area contributed by atoms with Gasteiger partial charge >= 0.3 is 0 Å². The van der Waals surface area contributed by atoms with Crippen molar-refractivity contribution in [3.8, 4) is 11.4 Å². The Hall–Kier alpha value is -2.66. The third-order valence-corrected chi connectivity index (χ3v) is 5.23. The van der Waals surface area contributed by atoms with E-state index in [9.17, 15) is 5.11 Å². The van der Waals surface area contributed by atoms with Crippen LogP contribution in [0.5, 0.6) is 5.75 Å². The van der Waals surface area contributed by atoms with Crippen LogP contribution in [0.1, 0.15) is 55.0 Å². The average molecular weight is 364 g/mol. The van der Waals surface area contributed by atoms with E-state index in [1.807, 2.05) is 6.07 Å². The quantitative estimate of drug-likeness (QED) is 0.695. The molecule has 0 aliphatic carbocycles. The van der Waals surface area contributed by atoms with Crippen LogP contribution in [0.4, 0.5) is 0 Å². The van der Waals surface area contributed by atoms with E-state index in [1.165, 1.54) is 17.5 Å². The average Bonchev–Trinajstić information content (AvgIpc) is 3.17. The Balaban J connectivity index is 1.76. The molecule has 0 saturated carbocycles. The number of hydrogen-bond donors (Lipinski definition) is 1. The number of aromatic hydroxyl groups is 1. The van der Waals surface area contributed by atoms with Crippen molar-refractivity contribution in [2.45, 2.75) is 46.2 Å². The van der Waals surface area contributed by atoms with Crippen molar-refractivity contribution in [3.63, 3.8) is 0 Å². The standard InChI is InChI=1S/C22H28N4O/c1-15(2)21-11-19(22(27)10-16(21)3)12-25(5)17(4)18-6-8-20(9-7-18)26-14-23-13-24-26/h6-11,13-15,17,27H,12H2,1-5H3/t17-/m0/s1. The van der Waals surface area contributed by atoms with Crippen LogP contribution < -0.4 is 0 Å². The molecule has 0 aliphatic heterocycles. The minimum absolute atomic E-state index is 0.220. The summed E-state index contributed by atoms with van der Waals surface area (Å²) >= 11 is 0. The SMILES string of the molecule is Cc1cc(O)c(CN(C)[C@@H](C)c2ccc(-n3cncn3)cc2)cc1C(C)C. The Morgan fingerprint density at radius 1 is 1.11 bits per heavy atom. The molecule has 142 valence electrons. The van der Waals surface area contributed by atoms with Crippen molar-refractivity contribution in [2.75, 3.05) is 7.05 Å². The molecule has 1 heterocycles. The predicted molar refractivity (Wildman–Crippen MR) is 108 cm³/mol. The van der Waals surface area contributed by atoms with Gasteiger partial charge in [0, 0.05) is 18.2 Å². The molecule has 3 aromatic rings. The zero-order chi connectivity index (χ0) is 19.6. The van der Waals surface area contributed by atoms with Crippen molar-refractivity contribution in [1.82, 2.24) is 19.7 Å². The van der Waals surface area contributed by atoms with E-state index >= 15 is 0 Å². The van der Waals surface area contributed by atoms with Crippen LogP contribution in [-0.4, -0.2) is 31.8 Å². The van der Waals surface area contributed by atoms with E-state index in [-0.39, 0.29) is 6.04 Å². The van der Waals surface area contributed by atoms with Crippen LogP contribution in [-0.2, 0) is 6.54 Å². The Kier molecular flexibility index (Phi) is 5.61. The fourth-order valence-corrected chi connectivity index (χ4v) is 3.41. The van der Waals surface area contributed by atoms with E-state index in [0.29, 0.717) is 18.2 Å². The molecule has 1 N–H and O–H groups in total. The lowest BCUT2D eigenvalue weighted by molar-refractivity contribution is 0.249. The minimum atomic E-state index is 0.220. The highest BCUT2D eigenvalue weighted by Crippen LogP contribution is 2.30. The number of aryl methyl sites for hydroxylation is 1. The zero-order valence-electron chi connectivity index (χ0n) is 16.7.